The summed E-state index contributed by atoms with van der Waals surface area (Å²) in [6, 6.07) is 5.83. The second-order valence-corrected chi connectivity index (χ2v) is 2.92. The molecule has 1 aliphatic rings. The Morgan fingerprint density at radius 2 is 2.36 bits per heavy atom. The second kappa shape index (κ2) is 2.67. The summed E-state index contributed by atoms with van der Waals surface area (Å²) in [7, 11) is 0. The van der Waals surface area contributed by atoms with E-state index < -0.39 is 0 Å². The van der Waals surface area contributed by atoms with Crippen LogP contribution in [0.5, 0.6) is 0 Å². The summed E-state index contributed by atoms with van der Waals surface area (Å²) in [5.74, 6) is 0. The predicted molar refractivity (Wildman–Crippen MR) is 46.6 cm³/mol. The average Bonchev–Trinajstić information content (AvgIpc) is 2.06. The number of halogens is 1. The molecule has 1 heterocycles. The number of fused-ring (bicyclic) bond motifs is 1. The summed E-state index contributed by atoms with van der Waals surface area (Å²) in [5, 5.41) is 0.838. The summed E-state index contributed by atoms with van der Waals surface area (Å²) < 4.78 is 0. The van der Waals surface area contributed by atoms with Crippen molar-refractivity contribution < 1.29 is 0 Å². The average molecular weight is 165 g/mol. The number of rotatable bonds is 0. The quantitative estimate of drug-likeness (QED) is 0.558. The molecular weight excluding hydrogens is 158 g/mol. The lowest BCUT2D eigenvalue weighted by Crippen LogP contribution is -2.02. The van der Waals surface area contributed by atoms with Crippen molar-refractivity contribution >= 4 is 17.8 Å². The molecule has 2 rings (SSSR count). The Balaban J connectivity index is 2.60. The zero-order valence-electron chi connectivity index (χ0n) is 5.97. The van der Waals surface area contributed by atoms with Gasteiger partial charge < -0.3 is 0 Å². The molecule has 0 saturated heterocycles. The van der Waals surface area contributed by atoms with Crippen molar-refractivity contribution in [1.82, 2.24) is 0 Å². The fourth-order valence-corrected chi connectivity index (χ4v) is 1.50. The highest BCUT2D eigenvalue weighted by molar-refractivity contribution is 6.31. The molecule has 11 heavy (non-hydrogen) atoms. The first-order valence-electron chi connectivity index (χ1n) is 3.58. The second-order valence-electron chi connectivity index (χ2n) is 2.51. The first-order valence-corrected chi connectivity index (χ1v) is 3.95. The van der Waals surface area contributed by atoms with E-state index in [2.05, 4.69) is 11.2 Å². The Morgan fingerprint density at radius 1 is 1.45 bits per heavy atom. The highest BCUT2D eigenvalue weighted by atomic mass is 35.5. The van der Waals surface area contributed by atoms with E-state index >= 15 is 0 Å². The van der Waals surface area contributed by atoms with Crippen LogP contribution < -0.4 is 0 Å². The van der Waals surface area contributed by atoms with E-state index in [1.165, 1.54) is 5.56 Å². The lowest BCUT2D eigenvalue weighted by atomic mass is 10.0. The summed E-state index contributed by atoms with van der Waals surface area (Å²) in [4.78, 5) is 4.05. The lowest BCUT2D eigenvalue weighted by molar-refractivity contribution is 0.953. The van der Waals surface area contributed by atoms with Gasteiger partial charge in [0.2, 0.25) is 0 Å². The molecule has 0 bridgehead atoms. The van der Waals surface area contributed by atoms with Gasteiger partial charge in [-0.1, -0.05) is 23.7 Å². The minimum atomic E-state index is 0.816. The topological polar surface area (TPSA) is 12.4 Å². The number of aliphatic imine (C=N–C) groups is 1. The molecule has 55 valence electrons. The molecule has 1 radical (unpaired) electrons. The van der Waals surface area contributed by atoms with Gasteiger partial charge in [-0.3, -0.25) is 4.99 Å². The fourth-order valence-electron chi connectivity index (χ4n) is 1.23. The molecule has 0 atom stereocenters. The lowest BCUT2D eigenvalue weighted by Gasteiger charge is -2.09. The van der Waals surface area contributed by atoms with E-state index in [1.54, 1.807) is 0 Å². The Labute approximate surface area is 70.7 Å². The SMILES string of the molecule is Clc1cccc2c1CCN=[C]2. The van der Waals surface area contributed by atoms with Crippen LogP contribution in [0.25, 0.3) is 0 Å². The van der Waals surface area contributed by atoms with Crippen molar-refractivity contribution in [3.05, 3.63) is 34.3 Å². The number of benzene rings is 1. The molecule has 0 aromatic heterocycles. The maximum absolute atomic E-state index is 5.96. The molecule has 0 spiro atoms. The first-order chi connectivity index (χ1) is 5.38. The van der Waals surface area contributed by atoms with E-state index in [0.717, 1.165) is 23.6 Å². The van der Waals surface area contributed by atoms with Crippen LogP contribution in [0.2, 0.25) is 5.02 Å². The largest absolute Gasteiger partial charge is 0.282 e. The van der Waals surface area contributed by atoms with E-state index in [9.17, 15) is 0 Å². The Bertz CT molecular complexity index is 304. The van der Waals surface area contributed by atoms with Gasteiger partial charge in [0.25, 0.3) is 0 Å². The van der Waals surface area contributed by atoms with Crippen molar-refractivity contribution in [3.63, 3.8) is 0 Å². The zero-order chi connectivity index (χ0) is 7.68. The van der Waals surface area contributed by atoms with Crippen LogP contribution in [0.15, 0.2) is 23.2 Å². The fraction of sp³-hybridized carbons (Fsp3) is 0.222. The summed E-state index contributed by atoms with van der Waals surface area (Å²) in [6.07, 6.45) is 3.89. The van der Waals surface area contributed by atoms with Gasteiger partial charge in [-0.15, -0.1) is 0 Å². The Morgan fingerprint density at radius 3 is 3.18 bits per heavy atom. The molecule has 0 aliphatic carbocycles. The minimum Gasteiger partial charge on any atom is -0.282 e. The van der Waals surface area contributed by atoms with Gasteiger partial charge in [0.1, 0.15) is 0 Å². The normalized spacial score (nSPS) is 14.6. The van der Waals surface area contributed by atoms with E-state index in [-0.39, 0.29) is 0 Å². The van der Waals surface area contributed by atoms with Crippen LogP contribution >= 0.6 is 11.6 Å². The van der Waals surface area contributed by atoms with E-state index in [0.29, 0.717) is 0 Å². The molecule has 0 saturated carbocycles. The third-order valence-electron chi connectivity index (χ3n) is 1.79. The molecule has 1 aromatic rings. The molecule has 0 N–H and O–H groups in total. The summed E-state index contributed by atoms with van der Waals surface area (Å²) in [5.41, 5.74) is 2.23. The Kier molecular flexibility index (Phi) is 1.66. The Hall–Kier alpha value is -0.820. The van der Waals surface area contributed by atoms with Gasteiger partial charge in [0, 0.05) is 17.1 Å². The van der Waals surface area contributed by atoms with Crippen LogP contribution in [0.3, 0.4) is 0 Å². The van der Waals surface area contributed by atoms with Crippen molar-refractivity contribution in [2.45, 2.75) is 6.42 Å². The van der Waals surface area contributed by atoms with Crippen LogP contribution in [0.1, 0.15) is 11.1 Å². The number of nitrogens with zero attached hydrogens (tertiary/aromatic N) is 1. The number of hydrogen-bond acceptors (Lipinski definition) is 1. The van der Waals surface area contributed by atoms with E-state index in [1.807, 2.05) is 18.2 Å². The van der Waals surface area contributed by atoms with Gasteiger partial charge in [-0.25, -0.2) is 0 Å². The maximum atomic E-state index is 5.96. The smallest absolute Gasteiger partial charge is 0.0908 e. The molecule has 0 amide bonds. The monoisotopic (exact) mass is 164 g/mol. The van der Waals surface area contributed by atoms with Gasteiger partial charge in [0.05, 0.1) is 6.21 Å². The molecule has 1 aliphatic heterocycles. The van der Waals surface area contributed by atoms with Crippen molar-refractivity contribution in [2.75, 3.05) is 6.54 Å². The molecule has 1 aromatic carbocycles. The van der Waals surface area contributed by atoms with Gasteiger partial charge >= 0.3 is 0 Å². The van der Waals surface area contributed by atoms with Crippen LogP contribution in [0, 0.1) is 0 Å². The summed E-state index contributed by atoms with van der Waals surface area (Å²) >= 11 is 5.96. The highest BCUT2D eigenvalue weighted by Crippen LogP contribution is 2.21. The van der Waals surface area contributed by atoms with Gasteiger partial charge in [-0.05, 0) is 18.1 Å². The highest BCUT2D eigenvalue weighted by Gasteiger charge is 2.07. The van der Waals surface area contributed by atoms with Crippen molar-refractivity contribution in [2.24, 2.45) is 4.99 Å². The summed E-state index contributed by atoms with van der Waals surface area (Å²) in [6.45, 7) is 0.816. The van der Waals surface area contributed by atoms with Gasteiger partial charge in [-0.2, -0.15) is 0 Å². The molecule has 0 fully saturated rings. The minimum absolute atomic E-state index is 0.816. The van der Waals surface area contributed by atoms with Crippen LogP contribution in [0.4, 0.5) is 0 Å². The molecule has 1 nitrogen and oxygen atoms in total. The van der Waals surface area contributed by atoms with Gasteiger partial charge in [0.15, 0.2) is 0 Å². The standard InChI is InChI=1S/C9H7ClN/c10-9-3-1-2-7-6-11-5-4-8(7)9/h1-3H,4-5H2. The van der Waals surface area contributed by atoms with E-state index in [4.69, 9.17) is 11.6 Å². The zero-order valence-corrected chi connectivity index (χ0v) is 6.73. The molecule has 2 heteroatoms. The number of hydrogen-bond donors (Lipinski definition) is 0. The predicted octanol–water partition coefficient (Wildman–Crippen LogP) is 2.19. The van der Waals surface area contributed by atoms with Crippen molar-refractivity contribution in [1.29, 1.82) is 0 Å². The third-order valence-corrected chi connectivity index (χ3v) is 2.15. The molecule has 0 unspecified atom stereocenters. The van der Waals surface area contributed by atoms with Crippen molar-refractivity contribution in [3.8, 4) is 0 Å². The maximum Gasteiger partial charge on any atom is 0.0908 e. The molecular formula is C9H7ClN. The first kappa shape index (κ1) is 6.86. The van der Waals surface area contributed by atoms with Crippen LogP contribution in [-0.4, -0.2) is 12.8 Å². The van der Waals surface area contributed by atoms with Crippen LogP contribution in [-0.2, 0) is 6.42 Å². The third kappa shape index (κ3) is 1.16.